The summed E-state index contributed by atoms with van der Waals surface area (Å²) in [6, 6.07) is 0.165. The van der Waals surface area contributed by atoms with E-state index in [4.69, 9.17) is 10.6 Å². The zero-order valence-corrected chi connectivity index (χ0v) is 12.4. The number of hydrazine groups is 1. The van der Waals surface area contributed by atoms with Gasteiger partial charge >= 0.3 is 0 Å². The summed E-state index contributed by atoms with van der Waals surface area (Å²) in [7, 11) is -1.09. The standard InChI is InChI=1S/C12H26N2O3S/c1-12(2,17-3)6-4-11(14-13)8-10-5-7-18(15,16)9-10/h10-11,14H,4-9,13H2,1-3H3. The van der Waals surface area contributed by atoms with Crippen LogP contribution in [0.2, 0.25) is 0 Å². The largest absolute Gasteiger partial charge is 0.379 e. The van der Waals surface area contributed by atoms with E-state index >= 15 is 0 Å². The van der Waals surface area contributed by atoms with E-state index in [0.717, 1.165) is 25.7 Å². The highest BCUT2D eigenvalue weighted by molar-refractivity contribution is 7.91. The molecule has 6 heteroatoms. The van der Waals surface area contributed by atoms with Crippen molar-refractivity contribution in [3.63, 3.8) is 0 Å². The van der Waals surface area contributed by atoms with Gasteiger partial charge in [0.05, 0.1) is 17.1 Å². The zero-order valence-electron chi connectivity index (χ0n) is 11.6. The molecule has 2 atom stereocenters. The molecule has 0 saturated carbocycles. The van der Waals surface area contributed by atoms with Crippen LogP contribution in [0.3, 0.4) is 0 Å². The molecule has 0 aliphatic carbocycles. The maximum atomic E-state index is 11.4. The van der Waals surface area contributed by atoms with Crippen molar-refractivity contribution in [2.75, 3.05) is 18.6 Å². The zero-order chi connectivity index (χ0) is 13.8. The fraction of sp³-hybridized carbons (Fsp3) is 1.00. The summed E-state index contributed by atoms with van der Waals surface area (Å²) < 4.78 is 28.2. The summed E-state index contributed by atoms with van der Waals surface area (Å²) >= 11 is 0. The maximum Gasteiger partial charge on any atom is 0.150 e. The molecule has 0 aromatic heterocycles. The number of hydrogen-bond donors (Lipinski definition) is 2. The van der Waals surface area contributed by atoms with Crippen LogP contribution in [0, 0.1) is 5.92 Å². The van der Waals surface area contributed by atoms with Crippen LogP contribution in [0.4, 0.5) is 0 Å². The lowest BCUT2D eigenvalue weighted by Gasteiger charge is -2.26. The minimum atomic E-state index is -2.79. The number of sulfone groups is 1. The summed E-state index contributed by atoms with van der Waals surface area (Å²) in [5.41, 5.74) is 2.65. The second kappa shape index (κ2) is 6.32. The van der Waals surface area contributed by atoms with Gasteiger partial charge in [0, 0.05) is 13.2 Å². The second-order valence-electron chi connectivity index (χ2n) is 5.87. The van der Waals surface area contributed by atoms with E-state index in [1.54, 1.807) is 7.11 Å². The van der Waals surface area contributed by atoms with Gasteiger partial charge in [0.2, 0.25) is 0 Å². The molecule has 3 N–H and O–H groups in total. The van der Waals surface area contributed by atoms with Crippen LogP contribution in [0.1, 0.15) is 39.5 Å². The number of nitrogens with two attached hydrogens (primary N) is 1. The minimum absolute atomic E-state index is 0.156. The minimum Gasteiger partial charge on any atom is -0.379 e. The highest BCUT2D eigenvalue weighted by atomic mass is 32.2. The van der Waals surface area contributed by atoms with E-state index in [0.29, 0.717) is 11.5 Å². The summed E-state index contributed by atoms with van der Waals surface area (Å²) in [4.78, 5) is 0. The van der Waals surface area contributed by atoms with Gasteiger partial charge in [-0.25, -0.2) is 8.42 Å². The third-order valence-electron chi connectivity index (χ3n) is 3.83. The van der Waals surface area contributed by atoms with Crippen molar-refractivity contribution >= 4 is 9.84 Å². The Bertz CT molecular complexity index is 354. The van der Waals surface area contributed by atoms with Gasteiger partial charge in [-0.3, -0.25) is 11.3 Å². The van der Waals surface area contributed by atoms with Gasteiger partial charge in [0.15, 0.2) is 9.84 Å². The van der Waals surface area contributed by atoms with Gasteiger partial charge in [-0.2, -0.15) is 0 Å². The SMILES string of the molecule is COC(C)(C)CCC(CC1CCS(=O)(=O)C1)NN. The van der Waals surface area contributed by atoms with Crippen molar-refractivity contribution < 1.29 is 13.2 Å². The fourth-order valence-corrected chi connectivity index (χ4v) is 4.23. The second-order valence-corrected chi connectivity index (χ2v) is 8.10. The molecule has 0 bridgehead atoms. The molecule has 0 aromatic carbocycles. The van der Waals surface area contributed by atoms with Gasteiger partial charge in [-0.15, -0.1) is 0 Å². The Morgan fingerprint density at radius 3 is 2.61 bits per heavy atom. The van der Waals surface area contributed by atoms with Gasteiger partial charge in [0.1, 0.15) is 0 Å². The van der Waals surface area contributed by atoms with Gasteiger partial charge < -0.3 is 4.74 Å². The number of methoxy groups -OCH3 is 1. The van der Waals surface area contributed by atoms with E-state index in [1.807, 2.05) is 13.8 Å². The summed E-state index contributed by atoms with van der Waals surface area (Å²) in [5, 5.41) is 0. The summed E-state index contributed by atoms with van der Waals surface area (Å²) in [6.07, 6.45) is 3.40. The molecule has 2 unspecified atom stereocenters. The number of ether oxygens (including phenoxy) is 1. The molecular weight excluding hydrogens is 252 g/mol. The van der Waals surface area contributed by atoms with E-state index in [9.17, 15) is 8.42 Å². The third-order valence-corrected chi connectivity index (χ3v) is 5.66. The monoisotopic (exact) mass is 278 g/mol. The van der Waals surface area contributed by atoms with Gasteiger partial charge in [-0.05, 0) is 45.4 Å². The Morgan fingerprint density at radius 2 is 2.17 bits per heavy atom. The predicted molar refractivity (Wildman–Crippen MR) is 72.8 cm³/mol. The fourth-order valence-electron chi connectivity index (χ4n) is 2.35. The van der Waals surface area contributed by atoms with Crippen LogP contribution in [-0.4, -0.2) is 38.7 Å². The highest BCUT2D eigenvalue weighted by Gasteiger charge is 2.30. The molecule has 5 nitrogen and oxygen atoms in total. The molecule has 1 saturated heterocycles. The number of rotatable bonds is 7. The van der Waals surface area contributed by atoms with Crippen molar-refractivity contribution in [3.8, 4) is 0 Å². The molecule has 1 rings (SSSR count). The molecule has 18 heavy (non-hydrogen) atoms. The molecule has 108 valence electrons. The van der Waals surface area contributed by atoms with Crippen molar-refractivity contribution in [2.45, 2.75) is 51.2 Å². The lowest BCUT2D eigenvalue weighted by Crippen LogP contribution is -2.38. The molecule has 0 radical (unpaired) electrons. The lowest BCUT2D eigenvalue weighted by molar-refractivity contribution is 0.0112. The Hall–Kier alpha value is -0.170. The highest BCUT2D eigenvalue weighted by Crippen LogP contribution is 2.25. The maximum absolute atomic E-state index is 11.4. The van der Waals surface area contributed by atoms with Crippen LogP contribution in [0.5, 0.6) is 0 Å². The summed E-state index contributed by atoms with van der Waals surface area (Å²) in [5.74, 6) is 6.45. The summed E-state index contributed by atoms with van der Waals surface area (Å²) in [6.45, 7) is 4.08. The third kappa shape index (κ3) is 5.22. The first kappa shape index (κ1) is 15.9. The van der Waals surface area contributed by atoms with Crippen LogP contribution in [0.25, 0.3) is 0 Å². The van der Waals surface area contributed by atoms with Crippen LogP contribution in [-0.2, 0) is 14.6 Å². The molecule has 1 aliphatic heterocycles. The van der Waals surface area contributed by atoms with Gasteiger partial charge in [0.25, 0.3) is 0 Å². The topological polar surface area (TPSA) is 81.4 Å². The number of hydrogen-bond acceptors (Lipinski definition) is 5. The molecule has 0 spiro atoms. The first-order valence-corrected chi connectivity index (χ1v) is 8.32. The lowest BCUT2D eigenvalue weighted by atomic mass is 9.93. The van der Waals surface area contributed by atoms with E-state index in [2.05, 4.69) is 5.43 Å². The average Bonchev–Trinajstić information content (AvgIpc) is 2.64. The van der Waals surface area contributed by atoms with Crippen molar-refractivity contribution in [1.82, 2.24) is 5.43 Å². The Morgan fingerprint density at radius 1 is 1.50 bits per heavy atom. The van der Waals surface area contributed by atoms with Crippen molar-refractivity contribution in [2.24, 2.45) is 11.8 Å². The Balaban J connectivity index is 2.39. The molecule has 1 aliphatic rings. The molecule has 0 aromatic rings. The smallest absolute Gasteiger partial charge is 0.150 e. The first-order valence-electron chi connectivity index (χ1n) is 6.50. The first-order chi connectivity index (χ1) is 8.28. The van der Waals surface area contributed by atoms with Crippen molar-refractivity contribution in [1.29, 1.82) is 0 Å². The Kier molecular flexibility index (Phi) is 5.58. The average molecular weight is 278 g/mol. The molecule has 1 fully saturated rings. The van der Waals surface area contributed by atoms with Crippen LogP contribution < -0.4 is 11.3 Å². The van der Waals surface area contributed by atoms with E-state index in [1.165, 1.54) is 0 Å². The van der Waals surface area contributed by atoms with Crippen LogP contribution in [0.15, 0.2) is 0 Å². The number of nitrogens with one attached hydrogen (secondary N) is 1. The molecular formula is C12H26N2O3S. The molecule has 0 amide bonds. The van der Waals surface area contributed by atoms with E-state index < -0.39 is 9.84 Å². The van der Waals surface area contributed by atoms with E-state index in [-0.39, 0.29) is 17.6 Å². The quantitative estimate of drug-likeness (QED) is 0.533. The van der Waals surface area contributed by atoms with Gasteiger partial charge in [-0.1, -0.05) is 0 Å². The van der Waals surface area contributed by atoms with Crippen LogP contribution >= 0.6 is 0 Å². The predicted octanol–water partition coefficient (Wildman–Crippen LogP) is 0.848. The normalized spacial score (nSPS) is 25.2. The van der Waals surface area contributed by atoms with Crippen molar-refractivity contribution in [3.05, 3.63) is 0 Å². The molecule has 1 heterocycles. The Labute approximate surface area is 110 Å².